The van der Waals surface area contributed by atoms with Crippen LogP contribution in [0.5, 0.6) is 0 Å². The van der Waals surface area contributed by atoms with Crippen molar-refractivity contribution in [2.75, 3.05) is 0 Å². The van der Waals surface area contributed by atoms with E-state index < -0.39 is 0 Å². The fourth-order valence-corrected chi connectivity index (χ4v) is 4.41. The lowest BCUT2D eigenvalue weighted by Crippen LogP contribution is -1.95. The van der Waals surface area contributed by atoms with Gasteiger partial charge in [-0.1, -0.05) is 24.3 Å². The molecule has 0 atom stereocenters. The number of hydrogen-bond acceptors (Lipinski definition) is 3. The predicted molar refractivity (Wildman–Crippen MR) is 128 cm³/mol. The molecule has 0 bridgehead atoms. The number of benzene rings is 3. The van der Waals surface area contributed by atoms with Gasteiger partial charge in [0, 0.05) is 23.6 Å². The Morgan fingerprint density at radius 1 is 0.939 bits per heavy atom. The van der Waals surface area contributed by atoms with E-state index in [-0.39, 0.29) is 5.82 Å². The molecule has 0 saturated heterocycles. The summed E-state index contributed by atoms with van der Waals surface area (Å²) in [5, 5.41) is 8.69. The van der Waals surface area contributed by atoms with Gasteiger partial charge in [0.1, 0.15) is 17.3 Å². The van der Waals surface area contributed by atoms with Gasteiger partial charge >= 0.3 is 0 Å². The Bertz CT molecular complexity index is 1670. The van der Waals surface area contributed by atoms with Crippen LogP contribution in [0.1, 0.15) is 11.4 Å². The average Bonchev–Trinajstić information content (AvgIpc) is 3.50. The molecule has 6 nitrogen and oxygen atoms in total. The minimum absolute atomic E-state index is 0.271. The van der Waals surface area contributed by atoms with E-state index >= 15 is 0 Å². The Kier molecular flexibility index (Phi) is 4.20. The highest BCUT2D eigenvalue weighted by molar-refractivity contribution is 5.98. The number of aromatic amines is 2. The lowest BCUT2D eigenvalue weighted by molar-refractivity contribution is 0.628. The second-order valence-electron chi connectivity index (χ2n) is 8.33. The molecule has 162 valence electrons. The molecule has 3 heterocycles. The molecule has 0 aliphatic rings. The van der Waals surface area contributed by atoms with Gasteiger partial charge in [0.2, 0.25) is 0 Å². The van der Waals surface area contributed by atoms with E-state index in [0.29, 0.717) is 5.82 Å². The van der Waals surface area contributed by atoms with Gasteiger partial charge in [0.15, 0.2) is 5.82 Å². The monoisotopic (exact) mass is 436 g/mol. The molecule has 0 aliphatic heterocycles. The molecule has 0 saturated carbocycles. The molecular formula is C26H21FN6. The van der Waals surface area contributed by atoms with E-state index in [0.717, 1.165) is 61.4 Å². The summed E-state index contributed by atoms with van der Waals surface area (Å²) in [4.78, 5) is 12.7. The summed E-state index contributed by atoms with van der Waals surface area (Å²) < 4.78 is 15.9. The van der Waals surface area contributed by atoms with Crippen molar-refractivity contribution in [1.82, 2.24) is 29.7 Å². The summed E-state index contributed by atoms with van der Waals surface area (Å²) in [5.41, 5.74) is 8.29. The largest absolute Gasteiger partial charge is 0.337 e. The lowest BCUT2D eigenvalue weighted by Gasteiger charge is -2.08. The van der Waals surface area contributed by atoms with E-state index in [1.807, 2.05) is 44.4 Å². The highest BCUT2D eigenvalue weighted by atomic mass is 19.1. The van der Waals surface area contributed by atoms with E-state index in [1.54, 1.807) is 6.07 Å². The van der Waals surface area contributed by atoms with Crippen molar-refractivity contribution in [2.24, 2.45) is 7.05 Å². The second-order valence-corrected chi connectivity index (χ2v) is 8.33. The van der Waals surface area contributed by atoms with E-state index in [2.05, 4.69) is 43.8 Å². The molecule has 7 heteroatoms. The number of halogens is 1. The van der Waals surface area contributed by atoms with Crippen LogP contribution >= 0.6 is 0 Å². The summed E-state index contributed by atoms with van der Waals surface area (Å²) in [6.45, 7) is 4.08. The number of imidazole rings is 2. The van der Waals surface area contributed by atoms with Crippen molar-refractivity contribution in [3.63, 3.8) is 0 Å². The van der Waals surface area contributed by atoms with Gasteiger partial charge in [-0.2, -0.15) is 5.10 Å². The van der Waals surface area contributed by atoms with Crippen LogP contribution in [-0.2, 0) is 7.05 Å². The number of hydrogen-bond donors (Lipinski definition) is 2. The maximum absolute atomic E-state index is 13.8. The molecule has 0 amide bonds. The Morgan fingerprint density at radius 3 is 2.58 bits per heavy atom. The number of fused-ring (bicyclic) bond motifs is 2. The Balaban J connectivity index is 1.54. The molecule has 0 fully saturated rings. The maximum atomic E-state index is 13.8. The summed E-state index contributed by atoms with van der Waals surface area (Å²) in [7, 11) is 2.02. The molecule has 3 aromatic carbocycles. The van der Waals surface area contributed by atoms with Crippen molar-refractivity contribution < 1.29 is 4.39 Å². The minimum Gasteiger partial charge on any atom is -0.337 e. The molecule has 33 heavy (non-hydrogen) atoms. The first-order valence-corrected chi connectivity index (χ1v) is 10.7. The van der Waals surface area contributed by atoms with Crippen LogP contribution in [0.25, 0.3) is 55.8 Å². The first-order valence-electron chi connectivity index (χ1n) is 10.7. The highest BCUT2D eigenvalue weighted by Crippen LogP contribution is 2.34. The zero-order valence-electron chi connectivity index (χ0n) is 18.4. The zero-order chi connectivity index (χ0) is 22.7. The zero-order valence-corrected chi connectivity index (χ0v) is 18.4. The van der Waals surface area contributed by atoms with Crippen LogP contribution in [-0.4, -0.2) is 29.7 Å². The SMILES string of the molecule is Cc1cc2[nH]nc(-c3nc4c(-c5cccc(F)c5)cccc4[nH]3)c2cc1-c1cnc(C)n1C. The fourth-order valence-electron chi connectivity index (χ4n) is 4.41. The summed E-state index contributed by atoms with van der Waals surface area (Å²) in [6.07, 6.45) is 1.90. The minimum atomic E-state index is -0.271. The first-order chi connectivity index (χ1) is 16.0. The van der Waals surface area contributed by atoms with Crippen molar-refractivity contribution in [1.29, 1.82) is 0 Å². The van der Waals surface area contributed by atoms with Crippen molar-refractivity contribution >= 4 is 21.9 Å². The molecule has 3 aromatic heterocycles. The summed E-state index contributed by atoms with van der Waals surface area (Å²) in [6, 6.07) is 16.7. The van der Waals surface area contributed by atoms with Crippen LogP contribution in [0.2, 0.25) is 0 Å². The number of para-hydroxylation sites is 1. The summed E-state index contributed by atoms with van der Waals surface area (Å²) >= 11 is 0. The van der Waals surface area contributed by atoms with Gasteiger partial charge in [-0.25, -0.2) is 14.4 Å². The van der Waals surface area contributed by atoms with Gasteiger partial charge in [0.25, 0.3) is 0 Å². The third-order valence-electron chi connectivity index (χ3n) is 6.28. The molecule has 0 aliphatic carbocycles. The Hall–Kier alpha value is -4.26. The van der Waals surface area contributed by atoms with Crippen LogP contribution in [0.15, 0.2) is 60.8 Å². The molecule has 2 N–H and O–H groups in total. The van der Waals surface area contributed by atoms with E-state index in [9.17, 15) is 4.39 Å². The molecular weight excluding hydrogens is 415 g/mol. The Labute approximate surface area is 189 Å². The first kappa shape index (κ1) is 19.4. The fraction of sp³-hybridized carbons (Fsp3) is 0.115. The molecule has 0 radical (unpaired) electrons. The van der Waals surface area contributed by atoms with Crippen LogP contribution in [0, 0.1) is 19.7 Å². The highest BCUT2D eigenvalue weighted by Gasteiger charge is 2.18. The van der Waals surface area contributed by atoms with E-state index in [1.165, 1.54) is 12.1 Å². The molecule has 6 rings (SSSR count). The third kappa shape index (κ3) is 3.04. The lowest BCUT2D eigenvalue weighted by atomic mass is 10.0. The molecule has 0 unspecified atom stereocenters. The number of nitrogens with zero attached hydrogens (tertiary/aromatic N) is 4. The maximum Gasteiger partial charge on any atom is 0.159 e. The van der Waals surface area contributed by atoms with Crippen molar-refractivity contribution in [2.45, 2.75) is 13.8 Å². The third-order valence-corrected chi connectivity index (χ3v) is 6.28. The standard InChI is InChI=1S/C26H21FN6/c1-14-10-22-20(12-19(14)23-13-28-15(2)33(23)3)25(32-31-22)26-29-21-9-5-8-18(24(21)30-26)16-6-4-7-17(27)11-16/h4-13H,1-3H3,(H,29,30)(H,31,32). The van der Waals surface area contributed by atoms with Crippen LogP contribution in [0.3, 0.4) is 0 Å². The number of aromatic nitrogens is 6. The van der Waals surface area contributed by atoms with Crippen LogP contribution < -0.4 is 0 Å². The van der Waals surface area contributed by atoms with Gasteiger partial charge in [-0.3, -0.25) is 5.10 Å². The van der Waals surface area contributed by atoms with Crippen molar-refractivity contribution in [3.05, 3.63) is 78.0 Å². The van der Waals surface area contributed by atoms with Gasteiger partial charge in [0.05, 0.1) is 28.4 Å². The van der Waals surface area contributed by atoms with Gasteiger partial charge in [-0.05, 0) is 55.3 Å². The predicted octanol–water partition coefficient (Wildman–Crippen LogP) is 5.93. The van der Waals surface area contributed by atoms with Crippen molar-refractivity contribution in [3.8, 4) is 33.9 Å². The van der Waals surface area contributed by atoms with E-state index in [4.69, 9.17) is 4.98 Å². The quantitative estimate of drug-likeness (QED) is 0.361. The summed E-state index contributed by atoms with van der Waals surface area (Å²) in [5.74, 6) is 1.35. The number of rotatable bonds is 3. The second kappa shape index (κ2) is 7.13. The number of nitrogens with one attached hydrogen (secondary N) is 2. The smallest absolute Gasteiger partial charge is 0.159 e. The Morgan fingerprint density at radius 2 is 1.79 bits per heavy atom. The number of H-pyrrole nitrogens is 2. The van der Waals surface area contributed by atoms with Gasteiger partial charge < -0.3 is 9.55 Å². The van der Waals surface area contributed by atoms with Gasteiger partial charge in [-0.15, -0.1) is 0 Å². The number of aryl methyl sites for hydroxylation is 2. The molecule has 6 aromatic rings. The normalized spacial score (nSPS) is 11.6. The topological polar surface area (TPSA) is 75.2 Å². The molecule has 0 spiro atoms. The van der Waals surface area contributed by atoms with Crippen LogP contribution in [0.4, 0.5) is 4.39 Å². The average molecular weight is 436 g/mol.